The molecule has 0 N–H and O–H groups in total. The number of imide groups is 1. The van der Waals surface area contributed by atoms with Crippen molar-refractivity contribution >= 4 is 24.4 Å². The maximum absolute atomic E-state index is 11.5. The SMILES string of the molecule is CCOCC(CS)N(C(C)=O)C(=O)CC. The Bertz CT molecular complexity index is 221. The highest BCUT2D eigenvalue weighted by Crippen LogP contribution is 2.06. The van der Waals surface area contributed by atoms with Crippen LogP contribution in [0.1, 0.15) is 27.2 Å². The zero-order chi connectivity index (χ0) is 11.8. The second-order valence-corrected chi connectivity index (χ2v) is 3.50. The van der Waals surface area contributed by atoms with Crippen molar-refractivity contribution in [3.05, 3.63) is 0 Å². The number of ether oxygens (including phenoxy) is 1. The van der Waals surface area contributed by atoms with Gasteiger partial charge in [-0.25, -0.2) is 0 Å². The molecule has 0 aromatic carbocycles. The number of amides is 2. The van der Waals surface area contributed by atoms with Crippen LogP contribution in [0.4, 0.5) is 0 Å². The minimum absolute atomic E-state index is 0.179. The van der Waals surface area contributed by atoms with Crippen molar-refractivity contribution in [1.82, 2.24) is 4.90 Å². The van der Waals surface area contributed by atoms with Crippen molar-refractivity contribution in [2.75, 3.05) is 19.0 Å². The van der Waals surface area contributed by atoms with Gasteiger partial charge >= 0.3 is 0 Å². The van der Waals surface area contributed by atoms with Gasteiger partial charge in [0.2, 0.25) is 11.8 Å². The van der Waals surface area contributed by atoms with Gasteiger partial charge in [-0.15, -0.1) is 0 Å². The number of rotatable bonds is 6. The standard InChI is InChI=1S/C10H19NO3S/c1-4-10(13)11(8(3)12)9(7-15)6-14-5-2/h9,15H,4-7H2,1-3H3. The molecule has 0 aliphatic carbocycles. The number of hydrogen-bond donors (Lipinski definition) is 1. The second-order valence-electron chi connectivity index (χ2n) is 3.13. The van der Waals surface area contributed by atoms with Gasteiger partial charge < -0.3 is 4.74 Å². The van der Waals surface area contributed by atoms with Gasteiger partial charge in [0.05, 0.1) is 12.6 Å². The Balaban J connectivity index is 4.55. The van der Waals surface area contributed by atoms with Crippen molar-refractivity contribution in [3.8, 4) is 0 Å². The molecular formula is C10H19NO3S. The summed E-state index contributed by atoms with van der Waals surface area (Å²) < 4.78 is 5.22. The fourth-order valence-corrected chi connectivity index (χ4v) is 1.54. The summed E-state index contributed by atoms with van der Waals surface area (Å²) in [5.41, 5.74) is 0. The molecule has 0 aliphatic rings. The van der Waals surface area contributed by atoms with E-state index in [-0.39, 0.29) is 17.9 Å². The third kappa shape index (κ3) is 4.66. The Kier molecular flexibility index (Phi) is 7.42. The number of nitrogens with zero attached hydrogens (tertiary/aromatic N) is 1. The number of hydrogen-bond acceptors (Lipinski definition) is 4. The predicted octanol–water partition coefficient (Wildman–Crippen LogP) is 1.11. The Morgan fingerprint density at radius 2 is 2.00 bits per heavy atom. The van der Waals surface area contributed by atoms with E-state index in [9.17, 15) is 9.59 Å². The van der Waals surface area contributed by atoms with Gasteiger partial charge in [0.15, 0.2) is 0 Å². The van der Waals surface area contributed by atoms with E-state index in [0.717, 1.165) is 0 Å². The molecular weight excluding hydrogens is 214 g/mol. The van der Waals surface area contributed by atoms with Gasteiger partial charge in [-0.05, 0) is 6.92 Å². The number of carbonyl (C=O) groups excluding carboxylic acids is 2. The van der Waals surface area contributed by atoms with Crippen LogP contribution in [0.25, 0.3) is 0 Å². The molecule has 15 heavy (non-hydrogen) atoms. The summed E-state index contributed by atoms with van der Waals surface area (Å²) in [7, 11) is 0. The molecule has 1 unspecified atom stereocenters. The van der Waals surface area contributed by atoms with Crippen molar-refractivity contribution < 1.29 is 14.3 Å². The van der Waals surface area contributed by atoms with Crippen LogP contribution >= 0.6 is 12.6 Å². The van der Waals surface area contributed by atoms with Gasteiger partial charge in [0, 0.05) is 25.7 Å². The van der Waals surface area contributed by atoms with Crippen LogP contribution in [0.2, 0.25) is 0 Å². The molecule has 0 aliphatic heterocycles. The van der Waals surface area contributed by atoms with Crippen LogP contribution in [0.5, 0.6) is 0 Å². The lowest BCUT2D eigenvalue weighted by Gasteiger charge is -2.27. The summed E-state index contributed by atoms with van der Waals surface area (Å²) in [5, 5.41) is 0. The van der Waals surface area contributed by atoms with E-state index in [1.807, 2.05) is 6.92 Å². The molecule has 1 atom stereocenters. The monoisotopic (exact) mass is 233 g/mol. The maximum Gasteiger partial charge on any atom is 0.229 e. The van der Waals surface area contributed by atoms with Crippen LogP contribution in [0.3, 0.4) is 0 Å². The largest absolute Gasteiger partial charge is 0.380 e. The van der Waals surface area contributed by atoms with Crippen molar-refractivity contribution in [2.24, 2.45) is 0 Å². The highest BCUT2D eigenvalue weighted by atomic mass is 32.1. The molecule has 0 radical (unpaired) electrons. The first kappa shape index (κ1) is 14.5. The quantitative estimate of drug-likeness (QED) is 0.699. The first-order valence-corrected chi connectivity index (χ1v) is 5.72. The fraction of sp³-hybridized carbons (Fsp3) is 0.800. The molecule has 0 heterocycles. The van der Waals surface area contributed by atoms with E-state index in [1.165, 1.54) is 11.8 Å². The Morgan fingerprint density at radius 3 is 2.33 bits per heavy atom. The Hall–Kier alpha value is -0.550. The lowest BCUT2D eigenvalue weighted by Crippen LogP contribution is -2.46. The normalized spacial score (nSPS) is 12.3. The Labute approximate surface area is 96.4 Å². The molecule has 88 valence electrons. The summed E-state index contributed by atoms with van der Waals surface area (Å²) in [5.74, 6) is -0.00689. The third-order valence-electron chi connectivity index (χ3n) is 2.00. The topological polar surface area (TPSA) is 46.6 Å². The smallest absolute Gasteiger partial charge is 0.229 e. The van der Waals surface area contributed by atoms with E-state index in [2.05, 4.69) is 12.6 Å². The van der Waals surface area contributed by atoms with Crippen LogP contribution in [-0.4, -0.2) is 41.7 Å². The zero-order valence-corrected chi connectivity index (χ0v) is 10.4. The van der Waals surface area contributed by atoms with Gasteiger partial charge in [-0.2, -0.15) is 12.6 Å². The average molecular weight is 233 g/mol. The Morgan fingerprint density at radius 1 is 1.40 bits per heavy atom. The molecule has 4 nitrogen and oxygen atoms in total. The minimum atomic E-state index is -0.266. The first-order valence-electron chi connectivity index (χ1n) is 5.09. The molecule has 0 aromatic heterocycles. The van der Waals surface area contributed by atoms with Crippen LogP contribution in [0.15, 0.2) is 0 Å². The average Bonchev–Trinajstić information content (AvgIpc) is 2.22. The predicted molar refractivity (Wildman–Crippen MR) is 62.0 cm³/mol. The van der Waals surface area contributed by atoms with E-state index in [0.29, 0.717) is 25.4 Å². The van der Waals surface area contributed by atoms with E-state index in [1.54, 1.807) is 6.92 Å². The molecule has 2 amide bonds. The molecule has 5 heteroatoms. The summed E-state index contributed by atoms with van der Waals surface area (Å²) in [6.07, 6.45) is 0.315. The zero-order valence-electron chi connectivity index (χ0n) is 9.52. The maximum atomic E-state index is 11.5. The lowest BCUT2D eigenvalue weighted by molar-refractivity contribution is -0.147. The number of carbonyl (C=O) groups is 2. The van der Waals surface area contributed by atoms with E-state index < -0.39 is 0 Å². The van der Waals surface area contributed by atoms with Gasteiger partial charge in [-0.1, -0.05) is 6.92 Å². The van der Waals surface area contributed by atoms with Crippen molar-refractivity contribution in [3.63, 3.8) is 0 Å². The van der Waals surface area contributed by atoms with Crippen LogP contribution in [0, 0.1) is 0 Å². The van der Waals surface area contributed by atoms with Gasteiger partial charge in [-0.3, -0.25) is 14.5 Å². The van der Waals surface area contributed by atoms with Crippen LogP contribution in [-0.2, 0) is 14.3 Å². The van der Waals surface area contributed by atoms with Gasteiger partial charge in [0.25, 0.3) is 0 Å². The van der Waals surface area contributed by atoms with Crippen molar-refractivity contribution in [1.29, 1.82) is 0 Å². The molecule has 0 spiro atoms. The summed E-state index contributed by atoms with van der Waals surface area (Å²) in [6.45, 7) is 5.90. The third-order valence-corrected chi connectivity index (χ3v) is 2.42. The first-order chi connectivity index (χ1) is 7.08. The molecule has 0 aromatic rings. The summed E-state index contributed by atoms with van der Waals surface area (Å²) in [6, 6.07) is -0.266. The molecule has 0 fully saturated rings. The number of thiol groups is 1. The van der Waals surface area contributed by atoms with Crippen molar-refractivity contribution in [2.45, 2.75) is 33.2 Å². The summed E-state index contributed by atoms with van der Waals surface area (Å²) >= 11 is 4.13. The van der Waals surface area contributed by atoms with Crippen LogP contribution < -0.4 is 0 Å². The minimum Gasteiger partial charge on any atom is -0.380 e. The highest BCUT2D eigenvalue weighted by molar-refractivity contribution is 7.80. The molecule has 0 saturated heterocycles. The molecule has 0 rings (SSSR count). The van der Waals surface area contributed by atoms with Gasteiger partial charge in [0.1, 0.15) is 0 Å². The lowest BCUT2D eigenvalue weighted by atomic mass is 10.2. The summed E-state index contributed by atoms with van der Waals surface area (Å²) in [4.78, 5) is 24.1. The molecule has 0 bridgehead atoms. The second kappa shape index (κ2) is 7.70. The van der Waals surface area contributed by atoms with E-state index in [4.69, 9.17) is 4.74 Å². The van der Waals surface area contributed by atoms with E-state index >= 15 is 0 Å². The molecule has 0 saturated carbocycles. The highest BCUT2D eigenvalue weighted by Gasteiger charge is 2.25. The fourth-order valence-electron chi connectivity index (χ4n) is 1.27.